The molecule has 1 saturated heterocycles. The predicted molar refractivity (Wildman–Crippen MR) is 116 cm³/mol. The summed E-state index contributed by atoms with van der Waals surface area (Å²) < 4.78 is 26.7. The van der Waals surface area contributed by atoms with Crippen LogP contribution in [0.5, 0.6) is 0 Å². The van der Waals surface area contributed by atoms with Gasteiger partial charge in [-0.3, -0.25) is 9.67 Å². The zero-order chi connectivity index (χ0) is 18.4. The molecule has 1 unspecified atom stereocenters. The van der Waals surface area contributed by atoms with Crippen LogP contribution in [0.1, 0.15) is 31.2 Å². The Hall–Kier alpha value is -0.880. The van der Waals surface area contributed by atoms with Gasteiger partial charge in [0, 0.05) is 59.4 Å². The molecule has 1 N–H and O–H groups in total. The molecule has 10 heteroatoms. The van der Waals surface area contributed by atoms with Crippen molar-refractivity contribution in [1.82, 2.24) is 24.3 Å². The summed E-state index contributed by atoms with van der Waals surface area (Å²) in [4.78, 5) is 6.62. The Bertz CT molecular complexity index is 691. The maximum absolute atomic E-state index is 11.7. The quantitative estimate of drug-likeness (QED) is 0.263. The average molecular weight is 498 g/mol. The van der Waals surface area contributed by atoms with Gasteiger partial charge >= 0.3 is 0 Å². The molecule has 1 aromatic rings. The molecule has 1 fully saturated rings. The van der Waals surface area contributed by atoms with E-state index in [4.69, 9.17) is 0 Å². The molecule has 1 aromatic heterocycles. The van der Waals surface area contributed by atoms with Gasteiger partial charge < -0.3 is 10.2 Å². The predicted octanol–water partition coefficient (Wildman–Crippen LogP) is 1.07. The second-order valence-corrected chi connectivity index (χ2v) is 8.79. The van der Waals surface area contributed by atoms with Gasteiger partial charge in [-0.05, 0) is 25.3 Å². The summed E-state index contributed by atoms with van der Waals surface area (Å²) in [6.45, 7) is 4.76. The molecule has 2 rings (SSSR count). The highest BCUT2D eigenvalue weighted by Gasteiger charge is 2.26. The Morgan fingerprint density at radius 2 is 2.23 bits per heavy atom. The normalized spacial score (nSPS) is 18.3. The molecule has 1 atom stereocenters. The van der Waals surface area contributed by atoms with Crippen LogP contribution >= 0.6 is 24.0 Å². The van der Waals surface area contributed by atoms with E-state index < -0.39 is 10.0 Å². The van der Waals surface area contributed by atoms with E-state index in [1.54, 1.807) is 21.0 Å². The van der Waals surface area contributed by atoms with E-state index in [0.717, 1.165) is 31.9 Å². The first kappa shape index (κ1) is 23.2. The van der Waals surface area contributed by atoms with Gasteiger partial charge in [-0.1, -0.05) is 0 Å². The summed E-state index contributed by atoms with van der Waals surface area (Å²) in [5.41, 5.74) is 1.27. The Kier molecular flexibility index (Phi) is 9.31. The van der Waals surface area contributed by atoms with E-state index in [2.05, 4.69) is 26.5 Å². The smallest absolute Gasteiger partial charge is 0.213 e. The molecule has 1 aliphatic heterocycles. The minimum atomic E-state index is -3.10. The zero-order valence-corrected chi connectivity index (χ0v) is 19.2. The Morgan fingerprint density at radius 1 is 1.50 bits per heavy atom. The van der Waals surface area contributed by atoms with Crippen LogP contribution in [-0.4, -0.2) is 79.4 Å². The van der Waals surface area contributed by atoms with Crippen LogP contribution in [-0.2, 0) is 17.1 Å². The van der Waals surface area contributed by atoms with Gasteiger partial charge in [-0.15, -0.1) is 24.0 Å². The number of rotatable bonds is 7. The molecule has 1 aliphatic rings. The van der Waals surface area contributed by atoms with Crippen LogP contribution in [0.15, 0.2) is 17.4 Å². The molecule has 0 bridgehead atoms. The highest BCUT2D eigenvalue weighted by molar-refractivity contribution is 14.0. The summed E-state index contributed by atoms with van der Waals surface area (Å²) in [5, 5.41) is 7.60. The lowest BCUT2D eigenvalue weighted by molar-refractivity contribution is 0.452. The highest BCUT2D eigenvalue weighted by Crippen LogP contribution is 2.26. The zero-order valence-electron chi connectivity index (χ0n) is 16.1. The standard InChI is InChI=1S/C16H30N6O2S.HI/c1-5-25(23,24)21(4)9-6-8-18-16(17-2)22-10-7-14(13-22)15-11-19-20(3)12-15;/h11-12,14H,5-10,13H2,1-4H3,(H,17,18);1H. The molecule has 26 heavy (non-hydrogen) atoms. The van der Waals surface area contributed by atoms with Crippen molar-refractivity contribution in [3.05, 3.63) is 18.0 Å². The summed E-state index contributed by atoms with van der Waals surface area (Å²) >= 11 is 0. The van der Waals surface area contributed by atoms with Gasteiger partial charge in [0.2, 0.25) is 10.0 Å². The molecule has 0 amide bonds. The maximum atomic E-state index is 11.7. The molecular formula is C16H31IN6O2S. The van der Waals surface area contributed by atoms with E-state index >= 15 is 0 Å². The number of likely N-dealkylation sites (tertiary alicyclic amines) is 1. The second kappa shape index (κ2) is 10.5. The Labute approximate surface area is 174 Å². The third-order valence-electron chi connectivity index (χ3n) is 4.67. The van der Waals surface area contributed by atoms with E-state index in [0.29, 0.717) is 19.0 Å². The lowest BCUT2D eigenvalue weighted by atomic mass is 10.0. The summed E-state index contributed by atoms with van der Waals surface area (Å²) in [7, 11) is 2.25. The number of nitrogens with one attached hydrogen (secondary N) is 1. The van der Waals surface area contributed by atoms with Gasteiger partial charge in [0.25, 0.3) is 0 Å². The Balaban J connectivity index is 0.00000338. The SMILES string of the molecule is CCS(=O)(=O)N(C)CCCNC(=NC)N1CCC(c2cnn(C)c2)C1.I. The summed E-state index contributed by atoms with van der Waals surface area (Å²) in [5.74, 6) is 1.50. The van der Waals surface area contributed by atoms with Crippen molar-refractivity contribution in [2.45, 2.75) is 25.7 Å². The van der Waals surface area contributed by atoms with Gasteiger partial charge in [0.1, 0.15) is 0 Å². The fraction of sp³-hybridized carbons (Fsp3) is 0.750. The van der Waals surface area contributed by atoms with Crippen molar-refractivity contribution < 1.29 is 8.42 Å². The van der Waals surface area contributed by atoms with Crippen molar-refractivity contribution in [3.8, 4) is 0 Å². The first-order valence-corrected chi connectivity index (χ1v) is 10.4. The maximum Gasteiger partial charge on any atom is 0.213 e. The molecule has 8 nitrogen and oxygen atoms in total. The van der Waals surface area contributed by atoms with E-state index in [-0.39, 0.29) is 29.7 Å². The van der Waals surface area contributed by atoms with Gasteiger partial charge in [0.05, 0.1) is 11.9 Å². The van der Waals surface area contributed by atoms with Crippen LogP contribution in [0.2, 0.25) is 0 Å². The van der Waals surface area contributed by atoms with Crippen LogP contribution in [0.25, 0.3) is 0 Å². The van der Waals surface area contributed by atoms with E-state index in [9.17, 15) is 8.42 Å². The number of sulfonamides is 1. The summed E-state index contributed by atoms with van der Waals surface area (Å²) in [6.07, 6.45) is 5.85. The topological polar surface area (TPSA) is 82.8 Å². The lowest BCUT2D eigenvalue weighted by Gasteiger charge is -2.22. The minimum absolute atomic E-state index is 0. The summed E-state index contributed by atoms with van der Waals surface area (Å²) in [6, 6.07) is 0. The fourth-order valence-electron chi connectivity index (χ4n) is 3.07. The fourth-order valence-corrected chi connectivity index (χ4v) is 3.92. The number of aromatic nitrogens is 2. The number of hydrogen-bond acceptors (Lipinski definition) is 4. The number of hydrogen-bond donors (Lipinski definition) is 1. The van der Waals surface area contributed by atoms with E-state index in [1.807, 2.05) is 17.9 Å². The molecule has 2 heterocycles. The van der Waals surface area contributed by atoms with Crippen molar-refractivity contribution >= 4 is 40.0 Å². The second-order valence-electron chi connectivity index (χ2n) is 6.43. The number of halogens is 1. The largest absolute Gasteiger partial charge is 0.356 e. The molecule has 0 saturated carbocycles. The van der Waals surface area contributed by atoms with Crippen molar-refractivity contribution in [1.29, 1.82) is 0 Å². The van der Waals surface area contributed by atoms with E-state index in [1.165, 1.54) is 9.87 Å². The number of aryl methyl sites for hydroxylation is 1. The first-order chi connectivity index (χ1) is 11.9. The monoisotopic (exact) mass is 498 g/mol. The number of guanidine groups is 1. The Morgan fingerprint density at radius 3 is 2.81 bits per heavy atom. The van der Waals surface area contributed by atoms with Crippen molar-refractivity contribution in [3.63, 3.8) is 0 Å². The van der Waals surface area contributed by atoms with Crippen molar-refractivity contribution in [2.24, 2.45) is 12.0 Å². The number of nitrogens with zero attached hydrogens (tertiary/aromatic N) is 5. The van der Waals surface area contributed by atoms with Crippen LogP contribution in [0, 0.1) is 0 Å². The van der Waals surface area contributed by atoms with Gasteiger partial charge in [-0.2, -0.15) is 5.10 Å². The van der Waals surface area contributed by atoms with Gasteiger partial charge in [-0.25, -0.2) is 12.7 Å². The molecule has 0 aliphatic carbocycles. The van der Waals surface area contributed by atoms with Crippen LogP contribution in [0.3, 0.4) is 0 Å². The molecular weight excluding hydrogens is 467 g/mol. The molecule has 0 radical (unpaired) electrons. The minimum Gasteiger partial charge on any atom is -0.356 e. The molecule has 150 valence electrons. The third-order valence-corrected chi connectivity index (χ3v) is 6.53. The number of aliphatic imine (C=N–C) groups is 1. The molecule has 0 spiro atoms. The van der Waals surface area contributed by atoms with Crippen LogP contribution < -0.4 is 5.32 Å². The van der Waals surface area contributed by atoms with Crippen molar-refractivity contribution in [2.75, 3.05) is 46.0 Å². The molecule has 0 aromatic carbocycles. The average Bonchev–Trinajstić information content (AvgIpc) is 3.23. The van der Waals surface area contributed by atoms with Crippen LogP contribution in [0.4, 0.5) is 0 Å². The van der Waals surface area contributed by atoms with Gasteiger partial charge in [0.15, 0.2) is 5.96 Å². The first-order valence-electron chi connectivity index (χ1n) is 8.75. The third kappa shape index (κ3) is 6.08. The highest BCUT2D eigenvalue weighted by atomic mass is 127. The lowest BCUT2D eigenvalue weighted by Crippen LogP contribution is -2.41.